The molecule has 3 aromatic rings. The summed E-state index contributed by atoms with van der Waals surface area (Å²) in [7, 11) is 1.57. The van der Waals surface area contributed by atoms with E-state index in [0.717, 1.165) is 16.7 Å². The van der Waals surface area contributed by atoms with Crippen molar-refractivity contribution in [1.29, 1.82) is 0 Å². The van der Waals surface area contributed by atoms with Crippen LogP contribution in [0.4, 0.5) is 4.79 Å². The molecule has 0 bridgehead atoms. The Labute approximate surface area is 221 Å². The minimum Gasteiger partial charge on any atom is -0.497 e. The molecule has 6 nitrogen and oxygen atoms in total. The predicted molar refractivity (Wildman–Crippen MR) is 143 cm³/mol. The van der Waals surface area contributed by atoms with Crippen molar-refractivity contribution in [3.63, 3.8) is 0 Å². The number of hydrogen-bond donors (Lipinski definition) is 2. The number of rotatable bonds is 7. The van der Waals surface area contributed by atoms with Gasteiger partial charge in [0.25, 0.3) is 5.91 Å². The molecule has 190 valence electrons. The molecule has 0 saturated carbocycles. The maximum absolute atomic E-state index is 13.5. The SMILES string of the molecule is COc1ccc(C(=O)N[C@@H](c2ccc(Cl)cc2)[C@H](NC(=O)OC(C)(C)C)c2ccc(Cl)cc2)c(C)c1. The molecule has 0 unspecified atom stereocenters. The van der Waals surface area contributed by atoms with Crippen LogP contribution in [0.15, 0.2) is 66.7 Å². The molecule has 0 aliphatic heterocycles. The summed E-state index contributed by atoms with van der Waals surface area (Å²) in [5.41, 5.74) is 2.02. The molecule has 2 amide bonds. The minimum atomic E-state index is -0.701. The number of alkyl carbamates (subject to hydrolysis) is 1. The third-order valence-electron chi connectivity index (χ3n) is 5.43. The van der Waals surface area contributed by atoms with Crippen molar-refractivity contribution in [2.75, 3.05) is 7.11 Å². The Kier molecular flexibility index (Phi) is 8.88. The predicted octanol–water partition coefficient (Wildman–Crippen LogP) is 7.05. The molecular formula is C28H30Cl2N2O4. The van der Waals surface area contributed by atoms with Gasteiger partial charge in [-0.3, -0.25) is 4.79 Å². The fourth-order valence-corrected chi connectivity index (χ4v) is 3.98. The second kappa shape index (κ2) is 11.7. The number of aryl methyl sites for hydroxylation is 1. The van der Waals surface area contributed by atoms with Crippen LogP contribution in [0.5, 0.6) is 5.75 Å². The van der Waals surface area contributed by atoms with E-state index >= 15 is 0 Å². The van der Waals surface area contributed by atoms with Crippen LogP contribution < -0.4 is 15.4 Å². The van der Waals surface area contributed by atoms with Crippen molar-refractivity contribution >= 4 is 35.2 Å². The molecule has 0 aromatic heterocycles. The number of benzene rings is 3. The Hall–Kier alpha value is -3.22. The van der Waals surface area contributed by atoms with Crippen molar-refractivity contribution in [2.24, 2.45) is 0 Å². The standard InChI is InChI=1S/C28H30Cl2N2O4/c1-17-16-22(35-5)14-15-23(17)26(33)31-24(18-6-10-20(29)11-7-18)25(19-8-12-21(30)13-9-19)32-27(34)36-28(2,3)4/h6-16,24-25H,1-5H3,(H,31,33)(H,32,34)/t24-,25+/m0/s1. The summed E-state index contributed by atoms with van der Waals surface area (Å²) in [6.45, 7) is 7.20. The van der Waals surface area contributed by atoms with Gasteiger partial charge in [0.15, 0.2) is 0 Å². The Bertz CT molecular complexity index is 1210. The molecular weight excluding hydrogens is 499 g/mol. The molecule has 0 radical (unpaired) electrons. The smallest absolute Gasteiger partial charge is 0.408 e. The largest absolute Gasteiger partial charge is 0.497 e. The highest BCUT2D eigenvalue weighted by atomic mass is 35.5. The number of halogens is 2. The van der Waals surface area contributed by atoms with Crippen molar-refractivity contribution < 1.29 is 19.1 Å². The highest BCUT2D eigenvalue weighted by Crippen LogP contribution is 2.32. The first-order valence-electron chi connectivity index (χ1n) is 11.4. The van der Waals surface area contributed by atoms with E-state index in [9.17, 15) is 9.59 Å². The monoisotopic (exact) mass is 528 g/mol. The molecule has 0 aliphatic carbocycles. The van der Waals surface area contributed by atoms with E-state index in [0.29, 0.717) is 21.4 Å². The summed E-state index contributed by atoms with van der Waals surface area (Å²) in [4.78, 5) is 26.3. The number of carbonyl (C=O) groups is 2. The van der Waals surface area contributed by atoms with E-state index in [1.165, 1.54) is 0 Å². The lowest BCUT2D eigenvalue weighted by molar-refractivity contribution is 0.0487. The lowest BCUT2D eigenvalue weighted by Crippen LogP contribution is -2.42. The lowest BCUT2D eigenvalue weighted by Gasteiger charge is -2.31. The third kappa shape index (κ3) is 7.39. The van der Waals surface area contributed by atoms with Crippen LogP contribution in [-0.2, 0) is 4.74 Å². The van der Waals surface area contributed by atoms with E-state index < -0.39 is 23.8 Å². The van der Waals surface area contributed by atoms with E-state index in [2.05, 4.69) is 10.6 Å². The van der Waals surface area contributed by atoms with Crippen molar-refractivity contribution in [1.82, 2.24) is 10.6 Å². The zero-order valence-electron chi connectivity index (χ0n) is 20.9. The Morgan fingerprint density at radius 3 is 1.75 bits per heavy atom. The molecule has 2 atom stereocenters. The minimum absolute atomic E-state index is 0.306. The van der Waals surface area contributed by atoms with Gasteiger partial charge in [-0.1, -0.05) is 47.5 Å². The van der Waals surface area contributed by atoms with Gasteiger partial charge in [0, 0.05) is 15.6 Å². The maximum Gasteiger partial charge on any atom is 0.408 e. The van der Waals surface area contributed by atoms with Crippen molar-refractivity contribution in [2.45, 2.75) is 45.4 Å². The molecule has 36 heavy (non-hydrogen) atoms. The summed E-state index contributed by atoms with van der Waals surface area (Å²) in [6, 6.07) is 18.1. The summed E-state index contributed by atoms with van der Waals surface area (Å²) >= 11 is 12.3. The first-order chi connectivity index (χ1) is 17.0. The van der Waals surface area contributed by atoms with Gasteiger partial charge in [-0.05, 0) is 86.8 Å². The molecule has 3 aromatic carbocycles. The Balaban J connectivity index is 2.05. The summed E-state index contributed by atoms with van der Waals surface area (Å²) in [5.74, 6) is 0.351. The molecule has 0 heterocycles. The van der Waals surface area contributed by atoms with Gasteiger partial charge in [-0.25, -0.2) is 4.79 Å². The fraction of sp³-hybridized carbons (Fsp3) is 0.286. The molecule has 2 N–H and O–H groups in total. The fourth-order valence-electron chi connectivity index (χ4n) is 3.73. The van der Waals surface area contributed by atoms with Crippen LogP contribution in [0, 0.1) is 6.92 Å². The number of ether oxygens (including phenoxy) is 2. The van der Waals surface area contributed by atoms with Crippen LogP contribution in [0.3, 0.4) is 0 Å². The number of carbonyl (C=O) groups excluding carboxylic acids is 2. The second-order valence-corrected chi connectivity index (χ2v) is 10.2. The topological polar surface area (TPSA) is 76.7 Å². The number of methoxy groups -OCH3 is 1. The van der Waals surface area contributed by atoms with Crippen LogP contribution in [0.2, 0.25) is 10.0 Å². The van der Waals surface area contributed by atoms with Gasteiger partial charge in [0.1, 0.15) is 11.4 Å². The van der Waals surface area contributed by atoms with Gasteiger partial charge in [0.2, 0.25) is 0 Å². The van der Waals surface area contributed by atoms with Crippen LogP contribution in [0.1, 0.15) is 59.9 Å². The highest BCUT2D eigenvalue weighted by Gasteiger charge is 2.30. The Morgan fingerprint density at radius 1 is 0.806 bits per heavy atom. The van der Waals surface area contributed by atoms with Gasteiger partial charge in [0.05, 0.1) is 19.2 Å². The van der Waals surface area contributed by atoms with Crippen LogP contribution >= 0.6 is 23.2 Å². The highest BCUT2D eigenvalue weighted by molar-refractivity contribution is 6.30. The molecule has 0 fully saturated rings. The molecule has 0 aliphatic rings. The van der Waals surface area contributed by atoms with Crippen LogP contribution in [-0.4, -0.2) is 24.7 Å². The van der Waals surface area contributed by atoms with E-state index in [-0.39, 0.29) is 5.91 Å². The molecule has 8 heteroatoms. The maximum atomic E-state index is 13.5. The number of amides is 2. The zero-order valence-corrected chi connectivity index (χ0v) is 22.4. The average Bonchev–Trinajstić information content (AvgIpc) is 2.81. The average molecular weight is 529 g/mol. The lowest BCUT2D eigenvalue weighted by atomic mass is 9.92. The third-order valence-corrected chi connectivity index (χ3v) is 5.93. The summed E-state index contributed by atoms with van der Waals surface area (Å²) in [6.07, 6.45) is -0.615. The zero-order chi connectivity index (χ0) is 26.5. The van der Waals surface area contributed by atoms with E-state index in [4.69, 9.17) is 32.7 Å². The first kappa shape index (κ1) is 27.4. The van der Waals surface area contributed by atoms with Crippen molar-refractivity contribution in [3.05, 3.63) is 99.0 Å². The van der Waals surface area contributed by atoms with Gasteiger partial charge in [-0.15, -0.1) is 0 Å². The Morgan fingerprint density at radius 2 is 1.31 bits per heavy atom. The molecule has 0 spiro atoms. The van der Waals surface area contributed by atoms with Gasteiger partial charge >= 0.3 is 6.09 Å². The van der Waals surface area contributed by atoms with Crippen molar-refractivity contribution in [3.8, 4) is 5.75 Å². The van der Waals surface area contributed by atoms with Gasteiger partial charge < -0.3 is 20.1 Å². The first-order valence-corrected chi connectivity index (χ1v) is 12.2. The molecule has 3 rings (SSSR count). The van der Waals surface area contributed by atoms with Gasteiger partial charge in [-0.2, -0.15) is 0 Å². The normalized spacial score (nSPS) is 12.9. The quantitative estimate of drug-likeness (QED) is 0.344. The van der Waals surface area contributed by atoms with E-state index in [1.807, 2.05) is 19.1 Å². The van der Waals surface area contributed by atoms with Crippen LogP contribution in [0.25, 0.3) is 0 Å². The van der Waals surface area contributed by atoms with E-state index in [1.54, 1.807) is 82.5 Å². The summed E-state index contributed by atoms with van der Waals surface area (Å²) < 4.78 is 10.8. The number of hydrogen-bond acceptors (Lipinski definition) is 4. The summed E-state index contributed by atoms with van der Waals surface area (Å²) in [5, 5.41) is 7.15. The number of nitrogens with one attached hydrogen (secondary N) is 2. The molecule has 0 saturated heterocycles. The second-order valence-electron chi connectivity index (χ2n) is 9.36.